The molecule has 0 aromatic heterocycles. The van der Waals surface area contributed by atoms with Gasteiger partial charge in [-0.1, -0.05) is 19.8 Å². The average molecular weight is 204 g/mol. The van der Waals surface area contributed by atoms with Crippen molar-refractivity contribution in [2.75, 3.05) is 6.61 Å². The van der Waals surface area contributed by atoms with Gasteiger partial charge in [0.2, 0.25) is 6.29 Å². The molecule has 0 amide bonds. The van der Waals surface area contributed by atoms with E-state index in [0.717, 1.165) is 19.3 Å². The fourth-order valence-corrected chi connectivity index (χ4v) is 0.783. The minimum absolute atomic E-state index is 0.217. The molecule has 0 saturated heterocycles. The van der Waals surface area contributed by atoms with Gasteiger partial charge in [-0.05, 0) is 6.42 Å². The van der Waals surface area contributed by atoms with Gasteiger partial charge in [-0.3, -0.25) is 4.79 Å². The van der Waals surface area contributed by atoms with E-state index in [1.54, 1.807) is 0 Å². The highest BCUT2D eigenvalue weighted by Crippen LogP contribution is 1.98. The summed E-state index contributed by atoms with van der Waals surface area (Å²) < 4.78 is 13.6. The van der Waals surface area contributed by atoms with Crippen LogP contribution in [0.25, 0.3) is 0 Å². The molecule has 0 saturated carbocycles. The summed E-state index contributed by atoms with van der Waals surface area (Å²) in [4.78, 5) is 20.7. The monoisotopic (exact) mass is 204 g/mol. The Labute approximate surface area is 83.3 Å². The SMILES string of the molecule is CCCCCOC(=O)OC(C)OC=O. The highest BCUT2D eigenvalue weighted by molar-refractivity contribution is 5.60. The van der Waals surface area contributed by atoms with Crippen LogP contribution < -0.4 is 0 Å². The molecule has 5 heteroatoms. The summed E-state index contributed by atoms with van der Waals surface area (Å²) in [5.41, 5.74) is 0. The molecule has 0 aliphatic heterocycles. The Bertz CT molecular complexity index is 169. The molecule has 0 heterocycles. The number of unbranched alkanes of at least 4 members (excludes halogenated alkanes) is 2. The quantitative estimate of drug-likeness (QED) is 0.274. The van der Waals surface area contributed by atoms with Crippen molar-refractivity contribution in [3.63, 3.8) is 0 Å². The van der Waals surface area contributed by atoms with Crippen LogP contribution in [0.2, 0.25) is 0 Å². The molecule has 0 fully saturated rings. The van der Waals surface area contributed by atoms with E-state index in [-0.39, 0.29) is 6.47 Å². The van der Waals surface area contributed by atoms with Gasteiger partial charge in [0.25, 0.3) is 6.47 Å². The van der Waals surface area contributed by atoms with Crippen molar-refractivity contribution in [2.24, 2.45) is 0 Å². The molecule has 0 radical (unpaired) electrons. The molecule has 0 rings (SSSR count). The minimum atomic E-state index is -0.897. The second-order valence-corrected chi connectivity index (χ2v) is 2.72. The van der Waals surface area contributed by atoms with Crippen LogP contribution in [0.1, 0.15) is 33.1 Å². The Kier molecular flexibility index (Phi) is 7.59. The third-order valence-electron chi connectivity index (χ3n) is 1.48. The second kappa shape index (κ2) is 8.34. The van der Waals surface area contributed by atoms with Crippen LogP contribution in [0.3, 0.4) is 0 Å². The van der Waals surface area contributed by atoms with Gasteiger partial charge in [-0.15, -0.1) is 0 Å². The first-order chi connectivity index (χ1) is 6.70. The van der Waals surface area contributed by atoms with E-state index >= 15 is 0 Å². The Morgan fingerprint density at radius 1 is 1.43 bits per heavy atom. The van der Waals surface area contributed by atoms with Gasteiger partial charge in [0.05, 0.1) is 6.61 Å². The van der Waals surface area contributed by atoms with Crippen molar-refractivity contribution in [1.82, 2.24) is 0 Å². The summed E-state index contributed by atoms with van der Waals surface area (Å²) in [6.07, 6.45) is 1.17. The van der Waals surface area contributed by atoms with Gasteiger partial charge in [-0.25, -0.2) is 4.79 Å². The first kappa shape index (κ1) is 12.7. The lowest BCUT2D eigenvalue weighted by Gasteiger charge is -2.10. The number of ether oxygens (including phenoxy) is 3. The molecule has 0 spiro atoms. The van der Waals surface area contributed by atoms with Gasteiger partial charge in [-0.2, -0.15) is 0 Å². The van der Waals surface area contributed by atoms with Gasteiger partial charge in [0, 0.05) is 6.92 Å². The maximum atomic E-state index is 10.9. The zero-order chi connectivity index (χ0) is 10.8. The number of rotatable bonds is 7. The molecular weight excluding hydrogens is 188 g/mol. The van der Waals surface area contributed by atoms with Gasteiger partial charge >= 0.3 is 6.16 Å². The molecule has 1 unspecified atom stereocenters. The molecule has 1 atom stereocenters. The highest BCUT2D eigenvalue weighted by atomic mass is 16.8. The van der Waals surface area contributed by atoms with Crippen LogP contribution >= 0.6 is 0 Å². The van der Waals surface area contributed by atoms with Gasteiger partial charge < -0.3 is 14.2 Å². The van der Waals surface area contributed by atoms with E-state index in [9.17, 15) is 9.59 Å². The van der Waals surface area contributed by atoms with Gasteiger partial charge in [0.15, 0.2) is 0 Å². The zero-order valence-corrected chi connectivity index (χ0v) is 8.52. The van der Waals surface area contributed by atoms with Crippen LogP contribution in [0.4, 0.5) is 4.79 Å². The van der Waals surface area contributed by atoms with Crippen LogP contribution in [0.5, 0.6) is 0 Å². The number of hydrogen-bond acceptors (Lipinski definition) is 5. The van der Waals surface area contributed by atoms with E-state index in [1.165, 1.54) is 6.92 Å². The van der Waals surface area contributed by atoms with Crippen LogP contribution in [-0.4, -0.2) is 25.5 Å². The fourth-order valence-electron chi connectivity index (χ4n) is 0.783. The molecule has 82 valence electrons. The van der Waals surface area contributed by atoms with E-state index in [0.29, 0.717) is 6.61 Å². The van der Waals surface area contributed by atoms with Crippen molar-refractivity contribution in [3.05, 3.63) is 0 Å². The number of carbonyl (C=O) groups excluding carboxylic acids is 2. The topological polar surface area (TPSA) is 61.8 Å². The Balaban J connectivity index is 3.40. The molecule has 5 nitrogen and oxygen atoms in total. The van der Waals surface area contributed by atoms with Crippen molar-refractivity contribution in [3.8, 4) is 0 Å². The summed E-state index contributed by atoms with van der Waals surface area (Å²) in [7, 11) is 0. The molecule has 0 N–H and O–H groups in total. The lowest BCUT2D eigenvalue weighted by atomic mass is 10.3. The predicted octanol–water partition coefficient (Wildman–Crippen LogP) is 1.85. The van der Waals surface area contributed by atoms with Gasteiger partial charge in [0.1, 0.15) is 0 Å². The molecule has 0 aromatic rings. The van der Waals surface area contributed by atoms with E-state index in [2.05, 4.69) is 16.4 Å². The normalized spacial score (nSPS) is 11.6. The number of hydrogen-bond donors (Lipinski definition) is 0. The Hall–Kier alpha value is -1.26. The Morgan fingerprint density at radius 2 is 2.14 bits per heavy atom. The summed E-state index contributed by atoms with van der Waals surface area (Å²) in [5, 5.41) is 0. The van der Waals surface area contributed by atoms with E-state index in [1.807, 2.05) is 0 Å². The summed E-state index contributed by atoms with van der Waals surface area (Å²) in [6.45, 7) is 4.04. The largest absolute Gasteiger partial charge is 0.511 e. The maximum Gasteiger partial charge on any atom is 0.511 e. The summed E-state index contributed by atoms with van der Waals surface area (Å²) in [5.74, 6) is 0. The molecule has 0 aromatic carbocycles. The first-order valence-corrected chi connectivity index (χ1v) is 4.63. The van der Waals surface area contributed by atoms with E-state index in [4.69, 9.17) is 4.74 Å². The van der Waals surface area contributed by atoms with Crippen molar-refractivity contribution in [1.29, 1.82) is 0 Å². The lowest BCUT2D eigenvalue weighted by Crippen LogP contribution is -2.18. The van der Waals surface area contributed by atoms with Crippen molar-refractivity contribution in [2.45, 2.75) is 39.4 Å². The fraction of sp³-hybridized carbons (Fsp3) is 0.778. The minimum Gasteiger partial charge on any atom is -0.434 e. The summed E-state index contributed by atoms with van der Waals surface area (Å²) >= 11 is 0. The van der Waals surface area contributed by atoms with Crippen LogP contribution in [0, 0.1) is 0 Å². The standard InChI is InChI=1S/C9H16O5/c1-3-4-5-6-12-9(11)14-8(2)13-7-10/h7-8H,3-6H2,1-2H3. The molecule has 14 heavy (non-hydrogen) atoms. The third-order valence-corrected chi connectivity index (χ3v) is 1.48. The van der Waals surface area contributed by atoms with E-state index < -0.39 is 12.4 Å². The van der Waals surface area contributed by atoms with Crippen molar-refractivity contribution < 1.29 is 23.8 Å². The zero-order valence-electron chi connectivity index (χ0n) is 8.52. The van der Waals surface area contributed by atoms with Crippen LogP contribution in [0.15, 0.2) is 0 Å². The second-order valence-electron chi connectivity index (χ2n) is 2.72. The van der Waals surface area contributed by atoms with Crippen molar-refractivity contribution >= 4 is 12.6 Å². The summed E-state index contributed by atoms with van der Waals surface area (Å²) in [6, 6.07) is 0. The number of carbonyl (C=O) groups is 2. The predicted molar refractivity (Wildman–Crippen MR) is 48.6 cm³/mol. The smallest absolute Gasteiger partial charge is 0.434 e. The molecule has 0 bridgehead atoms. The molecular formula is C9H16O5. The average Bonchev–Trinajstić information content (AvgIpc) is 2.13. The Morgan fingerprint density at radius 3 is 2.71 bits per heavy atom. The molecule has 0 aliphatic rings. The first-order valence-electron chi connectivity index (χ1n) is 4.63. The highest BCUT2D eigenvalue weighted by Gasteiger charge is 2.09. The maximum absolute atomic E-state index is 10.9. The molecule has 0 aliphatic carbocycles. The van der Waals surface area contributed by atoms with Crippen LogP contribution in [-0.2, 0) is 19.0 Å². The lowest BCUT2D eigenvalue weighted by molar-refractivity contribution is -0.152. The third kappa shape index (κ3) is 7.39.